The van der Waals surface area contributed by atoms with Crippen molar-refractivity contribution < 1.29 is 9.53 Å². The van der Waals surface area contributed by atoms with Gasteiger partial charge in [0, 0.05) is 35.0 Å². The van der Waals surface area contributed by atoms with Gasteiger partial charge in [-0.15, -0.1) is 11.8 Å². The van der Waals surface area contributed by atoms with Crippen LogP contribution in [0.3, 0.4) is 0 Å². The van der Waals surface area contributed by atoms with Gasteiger partial charge in [0.2, 0.25) is 0 Å². The van der Waals surface area contributed by atoms with E-state index in [9.17, 15) is 9.59 Å². The maximum absolute atomic E-state index is 11.9. The van der Waals surface area contributed by atoms with E-state index in [1.54, 1.807) is 34.7 Å². The molecular formula is C19H24N2O3S. The minimum atomic E-state index is -0.452. The van der Waals surface area contributed by atoms with Crippen LogP contribution in [0.2, 0.25) is 0 Å². The van der Waals surface area contributed by atoms with Gasteiger partial charge in [-0.25, -0.2) is 0 Å². The first-order valence-electron chi connectivity index (χ1n) is 8.18. The van der Waals surface area contributed by atoms with Gasteiger partial charge in [0.15, 0.2) is 0 Å². The average Bonchev–Trinajstić information content (AvgIpc) is 2.52. The van der Waals surface area contributed by atoms with E-state index in [1.165, 1.54) is 6.07 Å². The van der Waals surface area contributed by atoms with E-state index in [4.69, 9.17) is 10.5 Å². The molecule has 2 rings (SSSR count). The fraction of sp³-hybridized carbons (Fsp3) is 0.368. The molecule has 0 aliphatic rings. The molecule has 1 aromatic carbocycles. The number of nitrogens with two attached hydrogens (primary N) is 1. The summed E-state index contributed by atoms with van der Waals surface area (Å²) in [6, 6.07) is 10.6. The van der Waals surface area contributed by atoms with E-state index in [2.05, 4.69) is 0 Å². The Labute approximate surface area is 152 Å². The van der Waals surface area contributed by atoms with Crippen LogP contribution in [0.5, 0.6) is 0 Å². The van der Waals surface area contributed by atoms with Gasteiger partial charge in [0.05, 0.1) is 0 Å². The lowest BCUT2D eigenvalue weighted by atomic mass is 10.2. The van der Waals surface area contributed by atoms with Crippen LogP contribution in [0.1, 0.15) is 33.6 Å². The van der Waals surface area contributed by atoms with Gasteiger partial charge in [-0.05, 0) is 57.2 Å². The highest BCUT2D eigenvalue weighted by Gasteiger charge is 2.15. The van der Waals surface area contributed by atoms with Crippen LogP contribution in [0.4, 0.5) is 5.69 Å². The predicted molar refractivity (Wildman–Crippen MR) is 102 cm³/mol. The molecule has 25 heavy (non-hydrogen) atoms. The Bertz CT molecular complexity index is 794. The number of nitrogen functional groups attached to an aromatic ring is 1. The molecule has 0 spiro atoms. The van der Waals surface area contributed by atoms with Crippen molar-refractivity contribution in [2.45, 2.75) is 44.1 Å². The zero-order valence-corrected chi connectivity index (χ0v) is 15.6. The van der Waals surface area contributed by atoms with Crippen molar-refractivity contribution in [2.75, 3.05) is 11.5 Å². The number of anilines is 1. The van der Waals surface area contributed by atoms with Crippen molar-refractivity contribution in [3.63, 3.8) is 0 Å². The molecule has 1 aromatic heterocycles. The van der Waals surface area contributed by atoms with Gasteiger partial charge in [-0.2, -0.15) is 0 Å². The van der Waals surface area contributed by atoms with Gasteiger partial charge >= 0.3 is 5.97 Å². The second-order valence-corrected chi connectivity index (χ2v) is 7.81. The number of aromatic nitrogens is 1. The third kappa shape index (κ3) is 5.98. The number of nitrogens with zero attached hydrogens (tertiary/aromatic N) is 1. The van der Waals surface area contributed by atoms with Gasteiger partial charge in [-0.1, -0.05) is 6.07 Å². The third-order valence-electron chi connectivity index (χ3n) is 3.30. The summed E-state index contributed by atoms with van der Waals surface area (Å²) in [7, 11) is 0. The highest BCUT2D eigenvalue weighted by atomic mass is 32.2. The summed E-state index contributed by atoms with van der Waals surface area (Å²) in [5, 5.41) is 0. The maximum atomic E-state index is 11.9. The zero-order chi connectivity index (χ0) is 18.4. The lowest BCUT2D eigenvalue weighted by Crippen LogP contribution is -2.23. The topological polar surface area (TPSA) is 74.3 Å². The summed E-state index contributed by atoms with van der Waals surface area (Å²) in [4.78, 5) is 24.6. The smallest absolute Gasteiger partial charge is 0.306 e. The molecule has 0 fully saturated rings. The van der Waals surface area contributed by atoms with Gasteiger partial charge in [0.1, 0.15) is 5.60 Å². The van der Waals surface area contributed by atoms with Crippen molar-refractivity contribution in [3.05, 3.63) is 52.9 Å². The van der Waals surface area contributed by atoms with Crippen LogP contribution in [-0.4, -0.2) is 21.9 Å². The van der Waals surface area contributed by atoms with Crippen molar-refractivity contribution >= 4 is 23.4 Å². The van der Waals surface area contributed by atoms with Crippen molar-refractivity contribution in [1.82, 2.24) is 4.57 Å². The Kier molecular flexibility index (Phi) is 6.31. The SMILES string of the molecule is CC(C)(C)OC(=O)CCCSc1cc(-n2ccccc2=O)ccc1N. The van der Waals surface area contributed by atoms with Crippen molar-refractivity contribution in [1.29, 1.82) is 0 Å². The summed E-state index contributed by atoms with van der Waals surface area (Å²) >= 11 is 1.57. The van der Waals surface area contributed by atoms with Crippen molar-refractivity contribution in [3.8, 4) is 5.69 Å². The predicted octanol–water partition coefficient (Wildman–Crippen LogP) is 3.63. The highest BCUT2D eigenvalue weighted by molar-refractivity contribution is 7.99. The molecule has 0 amide bonds. The van der Waals surface area contributed by atoms with Crippen molar-refractivity contribution in [2.24, 2.45) is 0 Å². The summed E-state index contributed by atoms with van der Waals surface area (Å²) in [5.41, 5.74) is 6.92. The van der Waals surface area contributed by atoms with E-state index in [1.807, 2.05) is 39.0 Å². The molecule has 134 valence electrons. The number of carbonyl (C=O) groups is 1. The maximum Gasteiger partial charge on any atom is 0.306 e. The molecule has 0 aliphatic heterocycles. The van der Waals surface area contributed by atoms with Crippen LogP contribution in [0.25, 0.3) is 5.69 Å². The van der Waals surface area contributed by atoms with Crippen LogP contribution in [-0.2, 0) is 9.53 Å². The molecule has 6 heteroatoms. The number of esters is 1. The monoisotopic (exact) mass is 360 g/mol. The first kappa shape index (κ1) is 19.1. The van der Waals surface area contributed by atoms with Crippen LogP contribution >= 0.6 is 11.8 Å². The Morgan fingerprint density at radius 3 is 2.68 bits per heavy atom. The minimum absolute atomic E-state index is 0.0897. The number of hydrogen-bond acceptors (Lipinski definition) is 5. The van der Waals surface area contributed by atoms with Crippen LogP contribution < -0.4 is 11.3 Å². The number of thioether (sulfide) groups is 1. The third-order valence-corrected chi connectivity index (χ3v) is 4.46. The standard InChI is InChI=1S/C19H24N2O3S/c1-19(2,3)24-18(23)8-6-12-25-16-13-14(9-10-15(16)20)21-11-5-4-7-17(21)22/h4-5,7,9-11,13H,6,8,12,20H2,1-3H3. The van der Waals surface area contributed by atoms with E-state index in [-0.39, 0.29) is 11.5 Å². The van der Waals surface area contributed by atoms with E-state index < -0.39 is 5.60 Å². The van der Waals surface area contributed by atoms with Gasteiger partial charge in [0.25, 0.3) is 5.56 Å². The van der Waals surface area contributed by atoms with Gasteiger partial charge < -0.3 is 10.5 Å². The Hall–Kier alpha value is -2.21. The first-order valence-corrected chi connectivity index (χ1v) is 9.17. The molecule has 0 saturated carbocycles. The number of ether oxygens (including phenoxy) is 1. The summed E-state index contributed by atoms with van der Waals surface area (Å²) in [6.45, 7) is 5.58. The lowest BCUT2D eigenvalue weighted by molar-refractivity contribution is -0.154. The second-order valence-electron chi connectivity index (χ2n) is 6.67. The highest BCUT2D eigenvalue weighted by Crippen LogP contribution is 2.28. The minimum Gasteiger partial charge on any atom is -0.460 e. The number of carbonyl (C=O) groups excluding carboxylic acids is 1. The van der Waals surface area contributed by atoms with Crippen LogP contribution in [0.15, 0.2) is 52.3 Å². The molecule has 0 atom stereocenters. The van der Waals surface area contributed by atoms with Crippen LogP contribution in [0, 0.1) is 0 Å². The molecule has 0 radical (unpaired) electrons. The number of hydrogen-bond donors (Lipinski definition) is 1. The quantitative estimate of drug-likeness (QED) is 0.368. The number of rotatable bonds is 6. The zero-order valence-electron chi connectivity index (χ0n) is 14.8. The average molecular weight is 360 g/mol. The summed E-state index contributed by atoms with van der Waals surface area (Å²) < 4.78 is 6.87. The molecule has 2 N–H and O–H groups in total. The number of pyridine rings is 1. The normalized spacial score (nSPS) is 11.3. The first-order chi connectivity index (χ1) is 11.8. The second kappa shape index (κ2) is 8.25. The van der Waals surface area contributed by atoms with E-state index in [0.29, 0.717) is 18.5 Å². The summed E-state index contributed by atoms with van der Waals surface area (Å²) in [6.07, 6.45) is 2.81. The summed E-state index contributed by atoms with van der Waals surface area (Å²) in [5.74, 6) is 0.557. The molecule has 0 bridgehead atoms. The lowest BCUT2D eigenvalue weighted by Gasteiger charge is -2.19. The molecular weight excluding hydrogens is 336 g/mol. The molecule has 2 aromatic rings. The van der Waals surface area contributed by atoms with E-state index in [0.717, 1.165) is 16.3 Å². The van der Waals surface area contributed by atoms with E-state index >= 15 is 0 Å². The molecule has 1 heterocycles. The molecule has 5 nitrogen and oxygen atoms in total. The van der Waals surface area contributed by atoms with Gasteiger partial charge in [-0.3, -0.25) is 14.2 Å². The fourth-order valence-corrected chi connectivity index (χ4v) is 3.18. The fourth-order valence-electron chi connectivity index (χ4n) is 2.23. The molecule has 0 aliphatic carbocycles. The molecule has 0 saturated heterocycles. The molecule has 0 unspecified atom stereocenters. The Balaban J connectivity index is 1.97. The Morgan fingerprint density at radius 1 is 1.24 bits per heavy atom. The Morgan fingerprint density at radius 2 is 2.00 bits per heavy atom. The number of benzene rings is 1. The largest absolute Gasteiger partial charge is 0.460 e.